The molecule has 26 heavy (non-hydrogen) atoms. The van der Waals surface area contributed by atoms with Crippen molar-refractivity contribution in [3.05, 3.63) is 94.1 Å². The summed E-state index contributed by atoms with van der Waals surface area (Å²) in [5.41, 5.74) is 3.94. The van der Waals surface area contributed by atoms with Gasteiger partial charge >= 0.3 is 0 Å². The number of aromatic nitrogens is 1. The maximum Gasteiger partial charge on any atom is 0.253 e. The number of carbonyl (C=O) groups is 1. The molecule has 0 aliphatic heterocycles. The fourth-order valence-electron chi connectivity index (χ4n) is 2.53. The molecule has 1 amide bonds. The van der Waals surface area contributed by atoms with Crippen molar-refractivity contribution >= 4 is 23.3 Å². The Morgan fingerprint density at radius 3 is 2.50 bits per heavy atom. The Bertz CT molecular complexity index is 877. The fraction of sp³-hybridized carbons (Fsp3) is 0.143. The van der Waals surface area contributed by atoms with Crippen molar-refractivity contribution in [2.45, 2.75) is 20.0 Å². The molecule has 3 aromatic rings. The number of anilines is 1. The second-order valence-corrected chi connectivity index (χ2v) is 6.52. The SMILES string of the molecule is Cc1cccc(CNc2ccc(C(=O)NCc3ccc(Cl)cc3)cn2)c1. The molecule has 4 nitrogen and oxygen atoms in total. The van der Waals surface area contributed by atoms with E-state index in [1.165, 1.54) is 11.1 Å². The Morgan fingerprint density at radius 1 is 1.00 bits per heavy atom. The summed E-state index contributed by atoms with van der Waals surface area (Å²) in [5.74, 6) is 0.582. The Kier molecular flexibility index (Phi) is 5.87. The number of nitrogens with zero attached hydrogens (tertiary/aromatic N) is 1. The van der Waals surface area contributed by atoms with E-state index in [9.17, 15) is 4.79 Å². The van der Waals surface area contributed by atoms with E-state index in [0.717, 1.165) is 11.4 Å². The Balaban J connectivity index is 1.53. The molecule has 3 rings (SSSR count). The molecule has 0 saturated heterocycles. The topological polar surface area (TPSA) is 54.0 Å². The third kappa shape index (κ3) is 5.07. The van der Waals surface area contributed by atoms with Gasteiger partial charge in [0.15, 0.2) is 0 Å². The first kappa shape index (κ1) is 18.0. The van der Waals surface area contributed by atoms with Gasteiger partial charge < -0.3 is 10.6 Å². The van der Waals surface area contributed by atoms with Gasteiger partial charge in [-0.2, -0.15) is 0 Å². The van der Waals surface area contributed by atoms with Gasteiger partial charge in [-0.15, -0.1) is 0 Å². The second-order valence-electron chi connectivity index (χ2n) is 6.08. The molecular formula is C21H20ClN3O. The van der Waals surface area contributed by atoms with Crippen molar-refractivity contribution in [2.75, 3.05) is 5.32 Å². The smallest absolute Gasteiger partial charge is 0.253 e. The van der Waals surface area contributed by atoms with Gasteiger partial charge in [0, 0.05) is 24.3 Å². The number of rotatable bonds is 6. The van der Waals surface area contributed by atoms with Crippen LogP contribution in [0.3, 0.4) is 0 Å². The summed E-state index contributed by atoms with van der Waals surface area (Å²) in [7, 11) is 0. The van der Waals surface area contributed by atoms with E-state index in [1.807, 2.05) is 24.3 Å². The van der Waals surface area contributed by atoms with Crippen LogP contribution < -0.4 is 10.6 Å². The number of hydrogen-bond acceptors (Lipinski definition) is 3. The van der Waals surface area contributed by atoms with Crippen LogP contribution in [0, 0.1) is 6.92 Å². The Hall–Kier alpha value is -2.85. The molecule has 0 aliphatic rings. The van der Waals surface area contributed by atoms with E-state index in [4.69, 9.17) is 11.6 Å². The number of benzene rings is 2. The van der Waals surface area contributed by atoms with Gasteiger partial charge in [-0.3, -0.25) is 4.79 Å². The van der Waals surface area contributed by atoms with Crippen LogP contribution in [-0.4, -0.2) is 10.9 Å². The first-order chi connectivity index (χ1) is 12.6. The van der Waals surface area contributed by atoms with E-state index in [-0.39, 0.29) is 5.91 Å². The molecule has 0 saturated carbocycles. The van der Waals surface area contributed by atoms with Crippen LogP contribution in [0.1, 0.15) is 27.0 Å². The summed E-state index contributed by atoms with van der Waals surface area (Å²) < 4.78 is 0. The van der Waals surface area contributed by atoms with Crippen molar-refractivity contribution in [3.63, 3.8) is 0 Å². The fourth-order valence-corrected chi connectivity index (χ4v) is 2.66. The van der Waals surface area contributed by atoms with Crippen LogP contribution in [0.5, 0.6) is 0 Å². The second kappa shape index (κ2) is 8.50. The lowest BCUT2D eigenvalue weighted by molar-refractivity contribution is 0.0950. The highest BCUT2D eigenvalue weighted by atomic mass is 35.5. The maximum atomic E-state index is 12.2. The maximum absolute atomic E-state index is 12.2. The molecule has 2 aromatic carbocycles. The summed E-state index contributed by atoms with van der Waals surface area (Å²) in [6, 6.07) is 19.3. The Morgan fingerprint density at radius 2 is 1.81 bits per heavy atom. The van der Waals surface area contributed by atoms with Crippen molar-refractivity contribution in [1.29, 1.82) is 0 Å². The number of carbonyl (C=O) groups excluding carboxylic acids is 1. The zero-order chi connectivity index (χ0) is 18.4. The number of aryl methyl sites for hydroxylation is 1. The lowest BCUT2D eigenvalue weighted by Crippen LogP contribution is -2.22. The van der Waals surface area contributed by atoms with Crippen LogP contribution in [0.2, 0.25) is 5.02 Å². The molecule has 0 atom stereocenters. The van der Waals surface area contributed by atoms with Crippen molar-refractivity contribution in [3.8, 4) is 0 Å². The molecule has 0 unspecified atom stereocenters. The predicted molar refractivity (Wildman–Crippen MR) is 105 cm³/mol. The minimum absolute atomic E-state index is 0.155. The van der Waals surface area contributed by atoms with Crippen molar-refractivity contribution < 1.29 is 4.79 Å². The molecule has 0 fully saturated rings. The molecule has 1 heterocycles. The summed E-state index contributed by atoms with van der Waals surface area (Å²) in [6.45, 7) is 3.21. The third-order valence-electron chi connectivity index (χ3n) is 3.95. The van der Waals surface area contributed by atoms with Gasteiger partial charge in [0.2, 0.25) is 0 Å². The Labute approximate surface area is 158 Å². The molecule has 132 valence electrons. The molecule has 0 bridgehead atoms. The lowest BCUT2D eigenvalue weighted by atomic mass is 10.1. The van der Waals surface area contributed by atoms with Crippen LogP contribution in [-0.2, 0) is 13.1 Å². The zero-order valence-corrected chi connectivity index (χ0v) is 15.3. The highest BCUT2D eigenvalue weighted by Gasteiger charge is 2.06. The van der Waals surface area contributed by atoms with E-state index < -0.39 is 0 Å². The summed E-state index contributed by atoms with van der Waals surface area (Å²) in [6.07, 6.45) is 1.58. The highest BCUT2D eigenvalue weighted by molar-refractivity contribution is 6.30. The molecule has 0 spiro atoms. The highest BCUT2D eigenvalue weighted by Crippen LogP contribution is 2.11. The van der Waals surface area contributed by atoms with Crippen LogP contribution in [0.25, 0.3) is 0 Å². The summed E-state index contributed by atoms with van der Waals surface area (Å²) in [4.78, 5) is 16.5. The standard InChI is InChI=1S/C21H20ClN3O/c1-15-3-2-4-17(11-15)13-23-20-10-7-18(14-24-20)21(26)25-12-16-5-8-19(22)9-6-16/h2-11,14H,12-13H2,1H3,(H,23,24)(H,25,26). The number of pyridine rings is 1. The zero-order valence-electron chi connectivity index (χ0n) is 14.5. The molecule has 0 radical (unpaired) electrons. The van der Waals surface area contributed by atoms with Gasteiger partial charge in [0.1, 0.15) is 5.82 Å². The number of hydrogen-bond donors (Lipinski definition) is 2. The largest absolute Gasteiger partial charge is 0.366 e. The monoisotopic (exact) mass is 365 g/mol. The average molecular weight is 366 g/mol. The van der Waals surface area contributed by atoms with E-state index in [2.05, 4.69) is 40.7 Å². The predicted octanol–water partition coefficient (Wildman–Crippen LogP) is 4.59. The van der Waals surface area contributed by atoms with Crippen LogP contribution in [0.4, 0.5) is 5.82 Å². The molecule has 1 aromatic heterocycles. The van der Waals surface area contributed by atoms with Crippen LogP contribution in [0.15, 0.2) is 66.9 Å². The third-order valence-corrected chi connectivity index (χ3v) is 4.20. The number of nitrogens with one attached hydrogen (secondary N) is 2. The van der Waals surface area contributed by atoms with E-state index >= 15 is 0 Å². The van der Waals surface area contributed by atoms with Gasteiger partial charge in [0.25, 0.3) is 5.91 Å². The van der Waals surface area contributed by atoms with Crippen molar-refractivity contribution in [1.82, 2.24) is 10.3 Å². The van der Waals surface area contributed by atoms with Gasteiger partial charge in [-0.25, -0.2) is 4.98 Å². The van der Waals surface area contributed by atoms with Gasteiger partial charge in [-0.1, -0.05) is 53.6 Å². The van der Waals surface area contributed by atoms with Crippen LogP contribution >= 0.6 is 11.6 Å². The molecule has 5 heteroatoms. The minimum atomic E-state index is -0.155. The molecular weight excluding hydrogens is 346 g/mol. The normalized spacial score (nSPS) is 10.4. The van der Waals surface area contributed by atoms with Crippen molar-refractivity contribution in [2.24, 2.45) is 0 Å². The first-order valence-electron chi connectivity index (χ1n) is 8.38. The van der Waals surface area contributed by atoms with Gasteiger partial charge in [0.05, 0.1) is 5.56 Å². The molecule has 0 aliphatic carbocycles. The summed E-state index contributed by atoms with van der Waals surface area (Å²) >= 11 is 5.86. The van der Waals surface area contributed by atoms with Gasteiger partial charge in [-0.05, 0) is 42.3 Å². The first-order valence-corrected chi connectivity index (χ1v) is 8.76. The minimum Gasteiger partial charge on any atom is -0.366 e. The summed E-state index contributed by atoms with van der Waals surface area (Å²) in [5, 5.41) is 6.82. The molecule has 2 N–H and O–H groups in total. The quantitative estimate of drug-likeness (QED) is 0.672. The van der Waals surface area contributed by atoms with E-state index in [1.54, 1.807) is 24.4 Å². The lowest BCUT2D eigenvalue weighted by Gasteiger charge is -2.08. The average Bonchev–Trinajstić information content (AvgIpc) is 2.66. The number of halogens is 1. The number of amides is 1. The van der Waals surface area contributed by atoms with E-state index in [0.29, 0.717) is 23.7 Å².